The molecule has 2 aromatic heterocycles. The van der Waals surface area contributed by atoms with Crippen LogP contribution < -0.4 is 5.56 Å². The van der Waals surface area contributed by atoms with Gasteiger partial charge in [-0.05, 0) is 38.8 Å². The zero-order valence-electron chi connectivity index (χ0n) is 17.3. The number of fused-ring (bicyclic) bond motifs is 1. The van der Waals surface area contributed by atoms with Gasteiger partial charge in [-0.25, -0.2) is 9.78 Å². The molecule has 0 unspecified atom stereocenters. The fourth-order valence-corrected chi connectivity index (χ4v) is 4.24. The summed E-state index contributed by atoms with van der Waals surface area (Å²) in [4.78, 5) is 42.9. The smallest absolute Gasteiger partial charge is 0.331 e. The first-order valence-corrected chi connectivity index (χ1v) is 10.5. The van der Waals surface area contributed by atoms with Gasteiger partial charge < -0.3 is 4.74 Å². The van der Waals surface area contributed by atoms with Crippen LogP contribution in [0.4, 0.5) is 5.69 Å². The molecule has 0 spiro atoms. The number of non-ortho nitro benzene ring substituents is 1. The molecule has 3 rings (SSSR count). The largest absolute Gasteiger partial charge is 0.464 e. The second-order valence-electron chi connectivity index (χ2n) is 7.33. The minimum atomic E-state index is -1.27. The molecule has 0 radical (unpaired) electrons. The van der Waals surface area contributed by atoms with Gasteiger partial charge in [0.05, 0.1) is 16.9 Å². The second-order valence-corrected chi connectivity index (χ2v) is 8.45. The van der Waals surface area contributed by atoms with Crippen molar-refractivity contribution in [3.05, 3.63) is 67.1 Å². The van der Waals surface area contributed by atoms with Crippen molar-refractivity contribution >= 4 is 33.2 Å². The number of carbonyl (C=O) groups is 1. The number of rotatable bonds is 7. The van der Waals surface area contributed by atoms with E-state index >= 15 is 0 Å². The first-order valence-electron chi connectivity index (χ1n) is 9.64. The highest BCUT2D eigenvalue weighted by Crippen LogP contribution is 2.26. The molecule has 158 valence electrons. The Morgan fingerprint density at radius 2 is 1.93 bits per heavy atom. The molecule has 0 saturated carbocycles. The van der Waals surface area contributed by atoms with Gasteiger partial charge in [-0.1, -0.05) is 19.1 Å². The minimum Gasteiger partial charge on any atom is -0.464 e. The SMILES string of the molecule is CCOC(=O)C(C)(C)n1c(Cc2ccc([N+](=O)[O-])cc2)nc2sc(CC)cc2c1=O. The van der Waals surface area contributed by atoms with Gasteiger partial charge in [0.2, 0.25) is 0 Å². The predicted octanol–water partition coefficient (Wildman–Crippen LogP) is 3.82. The third kappa shape index (κ3) is 3.97. The number of esters is 1. The van der Waals surface area contributed by atoms with Gasteiger partial charge in [0.1, 0.15) is 16.2 Å². The van der Waals surface area contributed by atoms with Crippen molar-refractivity contribution in [3.8, 4) is 0 Å². The Morgan fingerprint density at radius 3 is 2.50 bits per heavy atom. The molecule has 2 heterocycles. The van der Waals surface area contributed by atoms with Crippen LogP contribution in [0.25, 0.3) is 10.2 Å². The molecule has 0 N–H and O–H groups in total. The fourth-order valence-electron chi connectivity index (χ4n) is 3.26. The van der Waals surface area contributed by atoms with Crippen LogP contribution in [0.15, 0.2) is 35.1 Å². The third-order valence-electron chi connectivity index (χ3n) is 4.88. The zero-order valence-corrected chi connectivity index (χ0v) is 18.1. The Balaban J connectivity index is 2.18. The van der Waals surface area contributed by atoms with Crippen LogP contribution in [0.3, 0.4) is 0 Å². The number of hydrogen-bond acceptors (Lipinski definition) is 7. The van der Waals surface area contributed by atoms with Gasteiger partial charge in [0.15, 0.2) is 0 Å². The standard InChI is InChI=1S/C21H23N3O5S/c1-5-15-12-16-18(30-15)22-17(11-13-7-9-14(10-8-13)24(27)28)23(19(16)25)21(3,4)20(26)29-6-2/h7-10,12H,5-6,11H2,1-4H3. The van der Waals surface area contributed by atoms with Gasteiger partial charge in [0.25, 0.3) is 11.2 Å². The molecular weight excluding hydrogens is 406 g/mol. The van der Waals surface area contributed by atoms with E-state index in [1.165, 1.54) is 28.0 Å². The summed E-state index contributed by atoms with van der Waals surface area (Å²) in [5.41, 5.74) is -0.839. The lowest BCUT2D eigenvalue weighted by atomic mass is 10.0. The highest BCUT2D eigenvalue weighted by atomic mass is 32.1. The Bertz CT molecular complexity index is 1160. The van der Waals surface area contributed by atoms with E-state index in [-0.39, 0.29) is 24.3 Å². The van der Waals surface area contributed by atoms with Gasteiger partial charge >= 0.3 is 5.97 Å². The zero-order chi connectivity index (χ0) is 22.1. The minimum absolute atomic E-state index is 0.0164. The molecule has 8 nitrogen and oxygen atoms in total. The lowest BCUT2D eigenvalue weighted by molar-refractivity contribution is -0.384. The van der Waals surface area contributed by atoms with Crippen molar-refractivity contribution in [3.63, 3.8) is 0 Å². The van der Waals surface area contributed by atoms with Crippen LogP contribution in [-0.4, -0.2) is 27.1 Å². The number of aromatic nitrogens is 2. The van der Waals surface area contributed by atoms with Crippen molar-refractivity contribution in [2.24, 2.45) is 0 Å². The summed E-state index contributed by atoms with van der Waals surface area (Å²) in [5.74, 6) is -0.118. The highest BCUT2D eigenvalue weighted by molar-refractivity contribution is 7.18. The summed E-state index contributed by atoms with van der Waals surface area (Å²) >= 11 is 1.45. The van der Waals surface area contributed by atoms with Crippen LogP contribution in [0.1, 0.15) is 44.0 Å². The monoisotopic (exact) mass is 429 g/mol. The predicted molar refractivity (Wildman–Crippen MR) is 115 cm³/mol. The summed E-state index contributed by atoms with van der Waals surface area (Å²) in [6.07, 6.45) is 1.02. The second kappa shape index (κ2) is 8.35. The van der Waals surface area contributed by atoms with E-state index in [2.05, 4.69) is 0 Å². The number of thiophene rings is 1. The summed E-state index contributed by atoms with van der Waals surface area (Å²) in [6, 6.07) is 7.90. The first-order chi connectivity index (χ1) is 14.2. The molecule has 0 amide bonds. The molecule has 1 aromatic carbocycles. The van der Waals surface area contributed by atoms with Gasteiger partial charge in [0, 0.05) is 23.4 Å². The van der Waals surface area contributed by atoms with Crippen molar-refractivity contribution in [1.82, 2.24) is 9.55 Å². The summed E-state index contributed by atoms with van der Waals surface area (Å²) in [7, 11) is 0. The number of benzene rings is 1. The molecule has 0 aliphatic heterocycles. The van der Waals surface area contributed by atoms with E-state index < -0.39 is 16.4 Å². The molecule has 30 heavy (non-hydrogen) atoms. The van der Waals surface area contributed by atoms with Crippen LogP contribution in [0, 0.1) is 10.1 Å². The molecule has 0 saturated heterocycles. The quantitative estimate of drug-likeness (QED) is 0.321. The summed E-state index contributed by atoms with van der Waals surface area (Å²) < 4.78 is 6.59. The van der Waals surface area contributed by atoms with Gasteiger partial charge in [-0.2, -0.15) is 0 Å². The summed E-state index contributed by atoms with van der Waals surface area (Å²) in [5, 5.41) is 11.4. The Labute approximate surface area is 177 Å². The van der Waals surface area contributed by atoms with Crippen LogP contribution >= 0.6 is 11.3 Å². The maximum Gasteiger partial charge on any atom is 0.331 e. The van der Waals surface area contributed by atoms with Crippen LogP contribution in [0.5, 0.6) is 0 Å². The van der Waals surface area contributed by atoms with E-state index in [1.807, 2.05) is 13.0 Å². The van der Waals surface area contributed by atoms with E-state index in [1.54, 1.807) is 32.9 Å². The number of nitrogens with zero attached hydrogens (tertiary/aromatic N) is 3. The van der Waals surface area contributed by atoms with E-state index in [0.29, 0.717) is 16.0 Å². The molecule has 0 aliphatic carbocycles. The maximum absolute atomic E-state index is 13.4. The van der Waals surface area contributed by atoms with Gasteiger partial charge in [-0.15, -0.1) is 11.3 Å². The van der Waals surface area contributed by atoms with E-state index in [9.17, 15) is 19.7 Å². The molecule has 0 bridgehead atoms. The van der Waals surface area contributed by atoms with E-state index in [4.69, 9.17) is 9.72 Å². The first kappa shape index (κ1) is 21.6. The maximum atomic E-state index is 13.4. The average molecular weight is 429 g/mol. The van der Waals surface area contributed by atoms with Crippen molar-refractivity contribution in [2.75, 3.05) is 6.61 Å². The highest BCUT2D eigenvalue weighted by Gasteiger charge is 2.35. The molecular formula is C21H23N3O5S. The van der Waals surface area contributed by atoms with Crippen molar-refractivity contribution in [2.45, 2.75) is 46.1 Å². The van der Waals surface area contributed by atoms with Crippen LogP contribution in [0.2, 0.25) is 0 Å². The summed E-state index contributed by atoms with van der Waals surface area (Å²) in [6.45, 7) is 7.17. The number of nitro groups is 1. The Hall–Kier alpha value is -3.07. The average Bonchev–Trinajstić information content (AvgIpc) is 3.12. The number of nitro benzene ring substituents is 1. The van der Waals surface area contributed by atoms with Crippen molar-refractivity contribution in [1.29, 1.82) is 0 Å². The van der Waals surface area contributed by atoms with Crippen LogP contribution in [-0.2, 0) is 27.9 Å². The molecule has 0 atom stereocenters. The van der Waals surface area contributed by atoms with Crippen molar-refractivity contribution < 1.29 is 14.5 Å². The topological polar surface area (TPSA) is 104 Å². The molecule has 0 fully saturated rings. The lowest BCUT2D eigenvalue weighted by Crippen LogP contribution is -2.45. The Morgan fingerprint density at radius 1 is 1.27 bits per heavy atom. The fraction of sp³-hybridized carbons (Fsp3) is 0.381. The number of hydrogen-bond donors (Lipinski definition) is 0. The molecule has 3 aromatic rings. The number of carbonyl (C=O) groups excluding carboxylic acids is 1. The third-order valence-corrected chi connectivity index (χ3v) is 6.05. The normalized spacial score (nSPS) is 11.6. The van der Waals surface area contributed by atoms with E-state index in [0.717, 1.165) is 16.9 Å². The molecule has 9 heteroatoms. The van der Waals surface area contributed by atoms with Gasteiger partial charge in [-0.3, -0.25) is 19.5 Å². The lowest BCUT2D eigenvalue weighted by Gasteiger charge is -2.27. The molecule has 0 aliphatic rings. The number of aryl methyl sites for hydroxylation is 1. The number of ether oxygens (including phenoxy) is 1. The Kier molecular flexibility index (Phi) is 6.02.